The molecule has 0 unspecified atom stereocenters. The number of rotatable bonds is 9. The van der Waals surface area contributed by atoms with Crippen LogP contribution in [-0.4, -0.2) is 30.1 Å². The summed E-state index contributed by atoms with van der Waals surface area (Å²) in [7, 11) is 0. The van der Waals surface area contributed by atoms with Gasteiger partial charge >= 0.3 is 5.97 Å². The lowest BCUT2D eigenvalue weighted by molar-refractivity contribution is -0.144. The number of benzene rings is 1. The van der Waals surface area contributed by atoms with Crippen molar-refractivity contribution in [3.05, 3.63) is 48.6 Å². The van der Waals surface area contributed by atoms with Gasteiger partial charge in [-0.25, -0.2) is 0 Å². The van der Waals surface area contributed by atoms with Gasteiger partial charge in [-0.1, -0.05) is 42.8 Å². The van der Waals surface area contributed by atoms with E-state index in [-0.39, 0.29) is 5.97 Å². The van der Waals surface area contributed by atoms with E-state index >= 15 is 0 Å². The number of ether oxygens (including phenoxy) is 1. The summed E-state index contributed by atoms with van der Waals surface area (Å²) in [5, 5.41) is 0. The van der Waals surface area contributed by atoms with E-state index in [2.05, 4.69) is 41.8 Å². The summed E-state index contributed by atoms with van der Waals surface area (Å²) in [5.41, 5.74) is 1.33. The Bertz CT molecular complexity index is 486. The number of hydrogen-bond donors (Lipinski definition) is 0. The van der Waals surface area contributed by atoms with Crippen LogP contribution in [0.2, 0.25) is 0 Å². The Morgan fingerprint density at radius 1 is 1.35 bits per heavy atom. The van der Waals surface area contributed by atoms with Gasteiger partial charge in [0.2, 0.25) is 0 Å². The highest BCUT2D eigenvalue weighted by atomic mass is 16.5. The van der Waals surface area contributed by atoms with Crippen molar-refractivity contribution in [1.82, 2.24) is 4.90 Å². The smallest absolute Gasteiger partial charge is 0.306 e. The molecule has 0 aromatic heterocycles. The topological polar surface area (TPSA) is 29.5 Å². The van der Waals surface area contributed by atoms with E-state index < -0.39 is 0 Å². The highest BCUT2D eigenvalue weighted by Gasteiger charge is 2.33. The predicted molar refractivity (Wildman–Crippen MR) is 94.0 cm³/mol. The standard InChI is InChI=1S/C20H29NO2/c1-3-5-14-21(16-17-10-7-6-8-11-17)19-13-9-12-18(19)15-20(22)23-4-2/h3,6-8,10-11,18-19H,1,4-5,9,12-16H2,2H3/t18-,19-/m0/s1. The van der Waals surface area contributed by atoms with Crippen LogP contribution in [0.5, 0.6) is 0 Å². The summed E-state index contributed by atoms with van der Waals surface area (Å²) in [4.78, 5) is 14.4. The van der Waals surface area contributed by atoms with Crippen molar-refractivity contribution >= 4 is 5.97 Å². The lowest BCUT2D eigenvalue weighted by Crippen LogP contribution is -2.38. The molecule has 2 rings (SSSR count). The zero-order valence-electron chi connectivity index (χ0n) is 14.2. The van der Waals surface area contributed by atoms with Crippen molar-refractivity contribution in [1.29, 1.82) is 0 Å². The summed E-state index contributed by atoms with van der Waals surface area (Å²) in [6.45, 7) is 8.15. The second-order valence-electron chi connectivity index (χ2n) is 6.30. The second kappa shape index (κ2) is 9.51. The fourth-order valence-electron chi connectivity index (χ4n) is 3.61. The van der Waals surface area contributed by atoms with Gasteiger partial charge in [0.15, 0.2) is 0 Å². The lowest BCUT2D eigenvalue weighted by Gasteiger charge is -2.33. The second-order valence-corrected chi connectivity index (χ2v) is 6.30. The molecule has 0 spiro atoms. The van der Waals surface area contributed by atoms with Gasteiger partial charge < -0.3 is 4.74 Å². The van der Waals surface area contributed by atoms with Gasteiger partial charge in [-0.15, -0.1) is 6.58 Å². The van der Waals surface area contributed by atoms with Crippen molar-refractivity contribution < 1.29 is 9.53 Å². The summed E-state index contributed by atoms with van der Waals surface area (Å²) >= 11 is 0. The molecule has 1 saturated carbocycles. The van der Waals surface area contributed by atoms with Crippen LogP contribution in [0, 0.1) is 5.92 Å². The Morgan fingerprint density at radius 2 is 2.13 bits per heavy atom. The van der Waals surface area contributed by atoms with E-state index in [1.807, 2.05) is 13.0 Å². The summed E-state index contributed by atoms with van der Waals surface area (Å²) in [5.74, 6) is 0.371. The summed E-state index contributed by atoms with van der Waals surface area (Å²) in [6.07, 6.45) is 7.02. The van der Waals surface area contributed by atoms with Crippen LogP contribution in [0.1, 0.15) is 44.6 Å². The summed E-state index contributed by atoms with van der Waals surface area (Å²) in [6, 6.07) is 11.1. The van der Waals surface area contributed by atoms with Gasteiger partial charge in [-0.3, -0.25) is 9.69 Å². The first kappa shape index (κ1) is 17.7. The first-order chi connectivity index (χ1) is 11.2. The van der Waals surface area contributed by atoms with E-state index in [1.54, 1.807) is 0 Å². The number of hydrogen-bond acceptors (Lipinski definition) is 3. The molecule has 1 aromatic carbocycles. The lowest BCUT2D eigenvalue weighted by atomic mass is 9.97. The molecule has 0 N–H and O–H groups in total. The maximum absolute atomic E-state index is 11.9. The molecular weight excluding hydrogens is 286 g/mol. The first-order valence-electron chi connectivity index (χ1n) is 8.79. The minimum atomic E-state index is -0.0484. The zero-order valence-corrected chi connectivity index (χ0v) is 14.2. The molecule has 1 aliphatic rings. The Labute approximate surface area is 140 Å². The molecule has 3 heteroatoms. The average Bonchev–Trinajstić information content (AvgIpc) is 3.00. The Morgan fingerprint density at radius 3 is 2.83 bits per heavy atom. The van der Waals surface area contributed by atoms with Crippen LogP contribution >= 0.6 is 0 Å². The largest absolute Gasteiger partial charge is 0.466 e. The zero-order chi connectivity index (χ0) is 16.5. The highest BCUT2D eigenvalue weighted by molar-refractivity contribution is 5.69. The molecule has 1 aliphatic carbocycles. The van der Waals surface area contributed by atoms with E-state index in [4.69, 9.17) is 4.74 Å². The molecule has 1 fully saturated rings. The van der Waals surface area contributed by atoms with E-state index in [1.165, 1.54) is 18.4 Å². The molecule has 1 aromatic rings. The number of carbonyl (C=O) groups is 1. The van der Waals surface area contributed by atoms with E-state index in [0.717, 1.165) is 25.9 Å². The van der Waals surface area contributed by atoms with Crippen LogP contribution in [0.25, 0.3) is 0 Å². The quantitative estimate of drug-likeness (QED) is 0.505. The number of carbonyl (C=O) groups excluding carboxylic acids is 1. The van der Waals surface area contributed by atoms with Crippen molar-refractivity contribution in [2.24, 2.45) is 5.92 Å². The molecule has 0 amide bonds. The van der Waals surface area contributed by atoms with Crippen molar-refractivity contribution in [2.45, 2.75) is 51.6 Å². The molecule has 0 bridgehead atoms. The Balaban J connectivity index is 2.03. The number of nitrogens with zero attached hydrogens (tertiary/aromatic N) is 1. The third kappa shape index (κ3) is 5.51. The maximum Gasteiger partial charge on any atom is 0.306 e. The normalized spacial score (nSPS) is 20.6. The van der Waals surface area contributed by atoms with E-state index in [9.17, 15) is 4.79 Å². The predicted octanol–water partition coefficient (Wildman–Crippen LogP) is 4.19. The average molecular weight is 315 g/mol. The SMILES string of the molecule is C=CCCN(Cc1ccccc1)[C@H]1CCC[C@H]1CC(=O)OCC. The van der Waals surface area contributed by atoms with Gasteiger partial charge in [0.05, 0.1) is 6.61 Å². The van der Waals surface area contributed by atoms with Crippen molar-refractivity contribution in [3.8, 4) is 0 Å². The maximum atomic E-state index is 11.9. The molecular formula is C20H29NO2. The third-order valence-electron chi connectivity index (χ3n) is 4.67. The molecule has 23 heavy (non-hydrogen) atoms. The molecule has 2 atom stereocenters. The van der Waals surface area contributed by atoms with Crippen LogP contribution in [0.4, 0.5) is 0 Å². The highest BCUT2D eigenvalue weighted by Crippen LogP contribution is 2.33. The third-order valence-corrected chi connectivity index (χ3v) is 4.67. The Hall–Kier alpha value is -1.61. The van der Waals surface area contributed by atoms with Crippen molar-refractivity contribution in [3.63, 3.8) is 0 Å². The molecule has 126 valence electrons. The van der Waals surface area contributed by atoms with Gasteiger partial charge in [0, 0.05) is 25.6 Å². The minimum Gasteiger partial charge on any atom is -0.466 e. The minimum absolute atomic E-state index is 0.0484. The van der Waals surface area contributed by atoms with Gasteiger partial charge in [0.25, 0.3) is 0 Å². The molecule has 0 heterocycles. The van der Waals surface area contributed by atoms with Crippen LogP contribution in [-0.2, 0) is 16.1 Å². The fraction of sp³-hybridized carbons (Fsp3) is 0.550. The molecule has 3 nitrogen and oxygen atoms in total. The van der Waals surface area contributed by atoms with Gasteiger partial charge in [-0.05, 0) is 37.7 Å². The monoisotopic (exact) mass is 315 g/mol. The molecule has 0 radical (unpaired) electrons. The van der Waals surface area contributed by atoms with Gasteiger partial charge in [0.1, 0.15) is 0 Å². The van der Waals surface area contributed by atoms with Crippen LogP contribution < -0.4 is 0 Å². The number of esters is 1. The molecule has 0 saturated heterocycles. The van der Waals surface area contributed by atoms with E-state index in [0.29, 0.717) is 25.0 Å². The summed E-state index contributed by atoms with van der Waals surface area (Å²) < 4.78 is 5.16. The fourth-order valence-corrected chi connectivity index (χ4v) is 3.61. The van der Waals surface area contributed by atoms with Crippen LogP contribution in [0.3, 0.4) is 0 Å². The van der Waals surface area contributed by atoms with Crippen molar-refractivity contribution in [2.75, 3.05) is 13.2 Å². The van der Waals surface area contributed by atoms with Crippen LogP contribution in [0.15, 0.2) is 43.0 Å². The molecule has 0 aliphatic heterocycles. The van der Waals surface area contributed by atoms with Gasteiger partial charge in [-0.2, -0.15) is 0 Å². The first-order valence-corrected chi connectivity index (χ1v) is 8.79. The Kier molecular flexibility index (Phi) is 7.34.